The minimum Gasteiger partial charge on any atom is -0.457 e. The molecule has 6 heteroatoms. The second kappa shape index (κ2) is 6.43. The maximum Gasteiger partial charge on any atom is 0.256 e. The van der Waals surface area contributed by atoms with Crippen molar-refractivity contribution in [3.05, 3.63) is 63.2 Å². The van der Waals surface area contributed by atoms with Gasteiger partial charge in [0.25, 0.3) is 5.91 Å². The van der Waals surface area contributed by atoms with Gasteiger partial charge in [-0.3, -0.25) is 4.79 Å². The zero-order valence-corrected chi connectivity index (χ0v) is 16.4. The number of anilines is 1. The highest BCUT2D eigenvalue weighted by molar-refractivity contribution is 7.16. The van der Waals surface area contributed by atoms with Crippen LogP contribution in [0.15, 0.2) is 40.8 Å². The van der Waals surface area contributed by atoms with Crippen LogP contribution in [-0.2, 0) is 12.8 Å². The standard InChI is InChI=1S/C21H19ClN2O2S/c1-11-6-7-13-17(10-11)27-21-18(13)20(25)23-19(24-21)16-9-8-15(26-16)12-4-2-3-5-14(12)22/h2-5,8-9,11,19,24H,6-7,10H2,1H3,(H,23,25)/t11-,19+/m0/s1. The molecule has 2 aromatic heterocycles. The fourth-order valence-electron chi connectivity index (χ4n) is 3.92. The molecule has 138 valence electrons. The van der Waals surface area contributed by atoms with E-state index < -0.39 is 0 Å². The quantitative estimate of drug-likeness (QED) is 0.587. The lowest BCUT2D eigenvalue weighted by atomic mass is 9.88. The Morgan fingerprint density at radius 3 is 2.89 bits per heavy atom. The second-order valence-electron chi connectivity index (χ2n) is 7.29. The number of hydrogen-bond donors (Lipinski definition) is 2. The van der Waals surface area contributed by atoms with Gasteiger partial charge in [-0.1, -0.05) is 30.7 Å². The fraction of sp³-hybridized carbons (Fsp3) is 0.286. The number of furan rings is 1. The van der Waals surface area contributed by atoms with Crippen LogP contribution < -0.4 is 10.6 Å². The summed E-state index contributed by atoms with van der Waals surface area (Å²) in [5.41, 5.74) is 2.90. The lowest BCUT2D eigenvalue weighted by molar-refractivity contribution is 0.0930. The van der Waals surface area contributed by atoms with Gasteiger partial charge in [-0.25, -0.2) is 0 Å². The van der Waals surface area contributed by atoms with Gasteiger partial charge in [-0.2, -0.15) is 0 Å². The predicted octanol–water partition coefficient (Wildman–Crippen LogP) is 5.64. The van der Waals surface area contributed by atoms with Crippen LogP contribution in [0.2, 0.25) is 5.02 Å². The SMILES string of the molecule is C[C@H]1CCc2c(sc3c2C(=O)N[C@@H](c2ccc(-c4ccccc4Cl)o2)N3)C1. The maximum atomic E-state index is 12.8. The molecule has 2 aliphatic rings. The molecule has 4 nitrogen and oxygen atoms in total. The Hall–Kier alpha value is -2.24. The van der Waals surface area contributed by atoms with E-state index in [2.05, 4.69) is 17.6 Å². The zero-order valence-electron chi connectivity index (χ0n) is 14.8. The van der Waals surface area contributed by atoms with Gasteiger partial charge in [0.2, 0.25) is 0 Å². The Morgan fingerprint density at radius 2 is 2.04 bits per heavy atom. The Balaban J connectivity index is 1.46. The molecular weight excluding hydrogens is 380 g/mol. The van der Waals surface area contributed by atoms with E-state index in [1.165, 1.54) is 10.4 Å². The third kappa shape index (κ3) is 2.86. The Labute approximate surface area is 166 Å². The molecule has 0 fully saturated rings. The summed E-state index contributed by atoms with van der Waals surface area (Å²) >= 11 is 7.98. The molecule has 3 aromatic rings. The minimum atomic E-state index is -0.376. The Kier molecular flexibility index (Phi) is 4.02. The molecule has 1 aromatic carbocycles. The minimum absolute atomic E-state index is 0.0171. The number of benzene rings is 1. The number of hydrogen-bond acceptors (Lipinski definition) is 4. The number of halogens is 1. The molecule has 0 spiro atoms. The molecule has 0 bridgehead atoms. The zero-order chi connectivity index (χ0) is 18.5. The molecular formula is C21H19ClN2O2S. The van der Waals surface area contributed by atoms with E-state index in [1.54, 1.807) is 11.3 Å². The molecule has 27 heavy (non-hydrogen) atoms. The monoisotopic (exact) mass is 398 g/mol. The number of fused-ring (bicyclic) bond motifs is 3. The van der Waals surface area contributed by atoms with E-state index in [1.807, 2.05) is 36.4 Å². The first-order valence-corrected chi connectivity index (χ1v) is 10.4. The Morgan fingerprint density at radius 1 is 1.19 bits per heavy atom. The van der Waals surface area contributed by atoms with Crippen LogP contribution in [0.3, 0.4) is 0 Å². The van der Waals surface area contributed by atoms with E-state index in [-0.39, 0.29) is 12.1 Å². The summed E-state index contributed by atoms with van der Waals surface area (Å²) in [5.74, 6) is 2.02. The van der Waals surface area contributed by atoms with Crippen molar-refractivity contribution in [2.24, 2.45) is 5.92 Å². The van der Waals surface area contributed by atoms with Crippen molar-refractivity contribution >= 4 is 33.8 Å². The second-order valence-corrected chi connectivity index (χ2v) is 8.80. The van der Waals surface area contributed by atoms with Gasteiger partial charge in [0.1, 0.15) is 16.5 Å². The first-order valence-electron chi connectivity index (χ1n) is 9.16. The van der Waals surface area contributed by atoms with Crippen LogP contribution >= 0.6 is 22.9 Å². The van der Waals surface area contributed by atoms with Gasteiger partial charge >= 0.3 is 0 Å². The highest BCUT2D eigenvalue weighted by Gasteiger charge is 2.34. The molecule has 1 amide bonds. The third-order valence-electron chi connectivity index (χ3n) is 5.34. The van der Waals surface area contributed by atoms with Crippen molar-refractivity contribution in [3.8, 4) is 11.3 Å². The molecule has 2 N–H and O–H groups in total. The Bertz CT molecular complexity index is 1040. The maximum absolute atomic E-state index is 12.8. The molecule has 1 aliphatic heterocycles. The van der Waals surface area contributed by atoms with Crippen LogP contribution in [-0.4, -0.2) is 5.91 Å². The molecule has 0 saturated carbocycles. The fourth-order valence-corrected chi connectivity index (χ4v) is 5.58. The van der Waals surface area contributed by atoms with Crippen LogP contribution in [0, 0.1) is 5.92 Å². The normalized spacial score (nSPS) is 21.2. The average Bonchev–Trinajstić information content (AvgIpc) is 3.26. The van der Waals surface area contributed by atoms with Gasteiger partial charge in [0.05, 0.1) is 10.6 Å². The topological polar surface area (TPSA) is 54.3 Å². The van der Waals surface area contributed by atoms with Crippen molar-refractivity contribution in [2.45, 2.75) is 32.4 Å². The number of thiophene rings is 1. The molecule has 5 rings (SSSR count). The molecule has 0 unspecified atom stereocenters. The molecule has 1 aliphatic carbocycles. The van der Waals surface area contributed by atoms with E-state index in [4.69, 9.17) is 16.0 Å². The number of rotatable bonds is 2. The number of amides is 1. The highest BCUT2D eigenvalue weighted by atomic mass is 35.5. The third-order valence-corrected chi connectivity index (χ3v) is 6.86. The van der Waals surface area contributed by atoms with Gasteiger partial charge in [0.15, 0.2) is 6.17 Å². The molecule has 2 atom stereocenters. The van der Waals surface area contributed by atoms with E-state index in [9.17, 15) is 4.79 Å². The van der Waals surface area contributed by atoms with Crippen molar-refractivity contribution in [1.29, 1.82) is 0 Å². The van der Waals surface area contributed by atoms with Crippen molar-refractivity contribution in [3.63, 3.8) is 0 Å². The molecule has 3 heterocycles. The van der Waals surface area contributed by atoms with E-state index in [0.717, 1.165) is 35.4 Å². The number of nitrogens with one attached hydrogen (secondary N) is 2. The van der Waals surface area contributed by atoms with Crippen molar-refractivity contribution in [2.75, 3.05) is 5.32 Å². The smallest absolute Gasteiger partial charge is 0.256 e. The summed E-state index contributed by atoms with van der Waals surface area (Å²) in [7, 11) is 0. The van der Waals surface area contributed by atoms with Gasteiger partial charge in [-0.15, -0.1) is 11.3 Å². The van der Waals surface area contributed by atoms with E-state index in [0.29, 0.717) is 22.5 Å². The van der Waals surface area contributed by atoms with Crippen LogP contribution in [0.5, 0.6) is 0 Å². The summed E-state index contributed by atoms with van der Waals surface area (Å²) in [5, 5.41) is 8.10. The lowest BCUT2D eigenvalue weighted by Gasteiger charge is -2.25. The van der Waals surface area contributed by atoms with E-state index >= 15 is 0 Å². The van der Waals surface area contributed by atoms with Gasteiger partial charge < -0.3 is 15.1 Å². The predicted molar refractivity (Wildman–Crippen MR) is 108 cm³/mol. The summed E-state index contributed by atoms with van der Waals surface area (Å²) in [6, 6.07) is 11.3. The van der Waals surface area contributed by atoms with Crippen molar-refractivity contribution < 1.29 is 9.21 Å². The molecule has 0 saturated heterocycles. The van der Waals surface area contributed by atoms with Gasteiger partial charge in [-0.05, 0) is 55.0 Å². The first-order chi connectivity index (χ1) is 13.1. The van der Waals surface area contributed by atoms with Gasteiger partial charge in [0, 0.05) is 10.4 Å². The summed E-state index contributed by atoms with van der Waals surface area (Å²) < 4.78 is 6.02. The largest absolute Gasteiger partial charge is 0.457 e. The lowest BCUT2D eigenvalue weighted by Crippen LogP contribution is -2.38. The van der Waals surface area contributed by atoms with Crippen molar-refractivity contribution in [1.82, 2.24) is 5.32 Å². The summed E-state index contributed by atoms with van der Waals surface area (Å²) in [6.07, 6.45) is 2.81. The average molecular weight is 399 g/mol. The number of carbonyl (C=O) groups excluding carboxylic acids is 1. The van der Waals surface area contributed by atoms with Crippen LogP contribution in [0.25, 0.3) is 11.3 Å². The summed E-state index contributed by atoms with van der Waals surface area (Å²) in [4.78, 5) is 14.2. The first kappa shape index (κ1) is 16.9. The summed E-state index contributed by atoms with van der Waals surface area (Å²) in [6.45, 7) is 2.27. The number of carbonyl (C=O) groups is 1. The molecule has 0 radical (unpaired) electrons. The highest BCUT2D eigenvalue weighted by Crippen LogP contribution is 2.43. The van der Waals surface area contributed by atoms with Crippen LogP contribution in [0.4, 0.5) is 5.00 Å². The van der Waals surface area contributed by atoms with Crippen LogP contribution in [0.1, 0.15) is 46.1 Å².